The topological polar surface area (TPSA) is 94.1 Å². The third kappa shape index (κ3) is 4.32. The van der Waals surface area contributed by atoms with Crippen LogP contribution in [0, 0.1) is 0 Å². The number of rotatable bonds is 6. The molecule has 0 atom stereocenters. The second kappa shape index (κ2) is 7.74. The van der Waals surface area contributed by atoms with E-state index < -0.39 is 5.91 Å². The number of carbonyl (C=O) groups is 2. The van der Waals surface area contributed by atoms with Crippen molar-refractivity contribution >= 4 is 17.9 Å². The Balaban J connectivity index is 1.70. The first-order chi connectivity index (χ1) is 12.1. The molecule has 1 fully saturated rings. The third-order valence-corrected chi connectivity index (χ3v) is 4.27. The molecule has 1 heterocycles. The number of primary amides is 1. The van der Waals surface area contributed by atoms with Crippen LogP contribution in [0.15, 0.2) is 42.6 Å². The van der Waals surface area contributed by atoms with E-state index in [1.807, 2.05) is 30.3 Å². The van der Waals surface area contributed by atoms with E-state index in [1.165, 1.54) is 10.9 Å². The molecule has 25 heavy (non-hydrogen) atoms. The summed E-state index contributed by atoms with van der Waals surface area (Å²) >= 11 is 0. The van der Waals surface area contributed by atoms with Gasteiger partial charge in [0.15, 0.2) is 0 Å². The second-order valence-electron chi connectivity index (χ2n) is 6.10. The number of para-hydroxylation sites is 1. The Morgan fingerprint density at radius 2 is 1.96 bits per heavy atom. The van der Waals surface area contributed by atoms with Crippen molar-refractivity contribution in [2.75, 3.05) is 6.54 Å². The highest BCUT2D eigenvalue weighted by Gasteiger charge is 2.26. The number of hydrogen-bond donors (Lipinski definition) is 1. The highest BCUT2D eigenvalue weighted by atomic mass is 16.2. The first-order valence-corrected chi connectivity index (χ1v) is 8.38. The molecule has 0 aliphatic heterocycles. The van der Waals surface area contributed by atoms with Crippen LogP contribution in [0.5, 0.6) is 0 Å². The molecule has 2 amide bonds. The van der Waals surface area contributed by atoms with Gasteiger partial charge < -0.3 is 10.6 Å². The number of aromatic nitrogens is 3. The minimum absolute atomic E-state index is 0.0510. The van der Waals surface area contributed by atoms with E-state index in [-0.39, 0.29) is 18.5 Å². The van der Waals surface area contributed by atoms with Crippen molar-refractivity contribution in [1.82, 2.24) is 19.9 Å². The van der Waals surface area contributed by atoms with E-state index in [2.05, 4.69) is 10.2 Å². The zero-order chi connectivity index (χ0) is 17.6. The quantitative estimate of drug-likeness (QED) is 0.808. The van der Waals surface area contributed by atoms with Gasteiger partial charge in [-0.2, -0.15) is 9.90 Å². The van der Waals surface area contributed by atoms with Crippen LogP contribution in [0.4, 0.5) is 0 Å². The van der Waals surface area contributed by atoms with E-state index in [0.717, 1.165) is 31.4 Å². The van der Waals surface area contributed by atoms with Crippen LogP contribution in [0.2, 0.25) is 0 Å². The zero-order valence-electron chi connectivity index (χ0n) is 13.9. The van der Waals surface area contributed by atoms with Crippen molar-refractivity contribution in [1.29, 1.82) is 0 Å². The SMILES string of the molecule is NC(=O)CN(C(=O)C=Cc1cnn(-c2ccccc2)n1)C1CCCC1. The fraction of sp³-hybridized carbons (Fsp3) is 0.333. The highest BCUT2D eigenvalue weighted by Crippen LogP contribution is 2.23. The summed E-state index contributed by atoms with van der Waals surface area (Å²) in [5.41, 5.74) is 6.71. The van der Waals surface area contributed by atoms with Gasteiger partial charge in [0, 0.05) is 12.1 Å². The smallest absolute Gasteiger partial charge is 0.247 e. The Hall–Kier alpha value is -2.96. The monoisotopic (exact) mass is 339 g/mol. The average molecular weight is 339 g/mol. The molecule has 0 unspecified atom stereocenters. The molecule has 1 aromatic heterocycles. The van der Waals surface area contributed by atoms with Crippen LogP contribution in [-0.4, -0.2) is 44.3 Å². The van der Waals surface area contributed by atoms with Crippen LogP contribution in [0.1, 0.15) is 31.4 Å². The van der Waals surface area contributed by atoms with Crippen LogP contribution < -0.4 is 5.73 Å². The van der Waals surface area contributed by atoms with Gasteiger partial charge in [0.1, 0.15) is 5.69 Å². The van der Waals surface area contributed by atoms with Crippen molar-refractivity contribution in [3.63, 3.8) is 0 Å². The third-order valence-electron chi connectivity index (χ3n) is 4.27. The lowest BCUT2D eigenvalue weighted by Crippen LogP contribution is -2.43. The number of nitrogens with two attached hydrogens (primary N) is 1. The number of amides is 2. The number of hydrogen-bond acceptors (Lipinski definition) is 4. The van der Waals surface area contributed by atoms with Gasteiger partial charge >= 0.3 is 0 Å². The summed E-state index contributed by atoms with van der Waals surface area (Å²) in [6, 6.07) is 9.61. The van der Waals surface area contributed by atoms with E-state index in [0.29, 0.717) is 5.69 Å². The van der Waals surface area contributed by atoms with Gasteiger partial charge in [0.25, 0.3) is 0 Å². The van der Waals surface area contributed by atoms with Crippen LogP contribution in [0.3, 0.4) is 0 Å². The molecule has 2 aromatic rings. The highest BCUT2D eigenvalue weighted by molar-refractivity contribution is 5.94. The molecular formula is C18H21N5O2. The molecule has 130 valence electrons. The Morgan fingerprint density at radius 3 is 2.64 bits per heavy atom. The van der Waals surface area contributed by atoms with Gasteiger partial charge in [0.2, 0.25) is 11.8 Å². The van der Waals surface area contributed by atoms with Crippen molar-refractivity contribution in [2.45, 2.75) is 31.7 Å². The largest absolute Gasteiger partial charge is 0.368 e. The molecule has 1 aromatic carbocycles. The van der Waals surface area contributed by atoms with Gasteiger partial charge in [-0.15, -0.1) is 5.10 Å². The molecule has 1 saturated carbocycles. The van der Waals surface area contributed by atoms with Crippen molar-refractivity contribution in [2.24, 2.45) is 5.73 Å². The Labute approximate surface area is 146 Å². The van der Waals surface area contributed by atoms with Crippen LogP contribution in [-0.2, 0) is 9.59 Å². The zero-order valence-corrected chi connectivity index (χ0v) is 13.9. The van der Waals surface area contributed by atoms with Crippen molar-refractivity contribution < 1.29 is 9.59 Å². The predicted molar refractivity (Wildman–Crippen MR) is 93.6 cm³/mol. The van der Waals surface area contributed by atoms with Crippen LogP contribution >= 0.6 is 0 Å². The Bertz CT molecular complexity index is 763. The van der Waals surface area contributed by atoms with Gasteiger partial charge in [0.05, 0.1) is 18.4 Å². The molecule has 0 spiro atoms. The minimum atomic E-state index is -0.497. The molecule has 0 radical (unpaired) electrons. The van der Waals surface area contributed by atoms with E-state index in [4.69, 9.17) is 5.73 Å². The fourth-order valence-corrected chi connectivity index (χ4v) is 3.06. The molecule has 2 N–H and O–H groups in total. The lowest BCUT2D eigenvalue weighted by Gasteiger charge is -2.26. The molecular weight excluding hydrogens is 318 g/mol. The van der Waals surface area contributed by atoms with Crippen LogP contribution in [0.25, 0.3) is 11.8 Å². The predicted octanol–water partition coefficient (Wildman–Crippen LogP) is 1.54. The van der Waals surface area contributed by atoms with Crippen molar-refractivity contribution in [3.05, 3.63) is 48.3 Å². The molecule has 3 rings (SSSR count). The van der Waals surface area contributed by atoms with E-state index in [9.17, 15) is 9.59 Å². The average Bonchev–Trinajstić information content (AvgIpc) is 3.30. The molecule has 0 bridgehead atoms. The number of nitrogens with zero attached hydrogens (tertiary/aromatic N) is 4. The molecule has 0 saturated heterocycles. The van der Waals surface area contributed by atoms with E-state index in [1.54, 1.807) is 17.2 Å². The summed E-state index contributed by atoms with van der Waals surface area (Å²) in [5, 5.41) is 8.52. The lowest BCUT2D eigenvalue weighted by molar-refractivity contribution is -0.133. The lowest BCUT2D eigenvalue weighted by atomic mass is 10.2. The standard InChI is InChI=1S/C18H21N5O2/c19-17(24)13-22(15-6-4-5-7-15)18(25)11-10-14-12-20-23(21-14)16-8-2-1-3-9-16/h1-3,8-12,15H,4-7,13H2,(H2,19,24). The molecule has 7 heteroatoms. The second-order valence-corrected chi connectivity index (χ2v) is 6.10. The normalized spacial score (nSPS) is 14.9. The summed E-state index contributed by atoms with van der Waals surface area (Å²) in [5.74, 6) is -0.719. The minimum Gasteiger partial charge on any atom is -0.368 e. The number of benzene rings is 1. The molecule has 1 aliphatic carbocycles. The Morgan fingerprint density at radius 1 is 1.24 bits per heavy atom. The fourth-order valence-electron chi connectivity index (χ4n) is 3.06. The van der Waals surface area contributed by atoms with Gasteiger partial charge in [-0.3, -0.25) is 9.59 Å². The summed E-state index contributed by atoms with van der Waals surface area (Å²) in [6.45, 7) is -0.0510. The summed E-state index contributed by atoms with van der Waals surface area (Å²) in [4.78, 5) is 26.8. The van der Waals surface area contributed by atoms with Crippen molar-refractivity contribution in [3.8, 4) is 5.69 Å². The first kappa shape index (κ1) is 16.9. The van der Waals surface area contributed by atoms with Gasteiger partial charge in [-0.25, -0.2) is 0 Å². The van der Waals surface area contributed by atoms with Gasteiger partial charge in [-0.1, -0.05) is 31.0 Å². The maximum absolute atomic E-state index is 12.5. The molecule has 1 aliphatic rings. The molecule has 7 nitrogen and oxygen atoms in total. The number of carbonyl (C=O) groups excluding carboxylic acids is 2. The summed E-state index contributed by atoms with van der Waals surface area (Å²) in [7, 11) is 0. The Kier molecular flexibility index (Phi) is 5.23. The summed E-state index contributed by atoms with van der Waals surface area (Å²) in [6.07, 6.45) is 8.60. The van der Waals surface area contributed by atoms with E-state index >= 15 is 0 Å². The maximum atomic E-state index is 12.5. The first-order valence-electron chi connectivity index (χ1n) is 8.38. The maximum Gasteiger partial charge on any atom is 0.247 e. The van der Waals surface area contributed by atoms with Gasteiger partial charge in [-0.05, 0) is 31.1 Å². The summed E-state index contributed by atoms with van der Waals surface area (Å²) < 4.78 is 0.